The van der Waals surface area contributed by atoms with E-state index in [1.165, 1.54) is 9.75 Å². The maximum Gasteiger partial charge on any atom is 0.167 e. The lowest BCUT2D eigenvalue weighted by atomic mass is 10.1. The van der Waals surface area contributed by atoms with Gasteiger partial charge in [0.2, 0.25) is 0 Å². The molecule has 0 spiro atoms. The van der Waals surface area contributed by atoms with Crippen LogP contribution in [0.25, 0.3) is 0 Å². The Balaban J connectivity index is 2.40. The monoisotopic (exact) mass is 194 g/mol. The summed E-state index contributed by atoms with van der Waals surface area (Å²) in [5, 5.41) is 0. The summed E-state index contributed by atoms with van der Waals surface area (Å²) in [7, 11) is 0. The van der Waals surface area contributed by atoms with Gasteiger partial charge in [-0.3, -0.25) is 4.79 Å². The zero-order chi connectivity index (χ0) is 9.59. The normalized spacial score (nSPS) is 21.2. The predicted molar refractivity (Wildman–Crippen MR) is 55.6 cm³/mol. The van der Waals surface area contributed by atoms with Crippen LogP contribution >= 0.6 is 11.3 Å². The van der Waals surface area contributed by atoms with Crippen LogP contribution in [0.3, 0.4) is 0 Å². The molecule has 0 amide bonds. The van der Waals surface area contributed by atoms with E-state index in [0.717, 1.165) is 12.0 Å². The molecule has 13 heavy (non-hydrogen) atoms. The highest BCUT2D eigenvalue weighted by Gasteiger charge is 2.29. The molecule has 0 radical (unpaired) electrons. The summed E-state index contributed by atoms with van der Waals surface area (Å²) in [6, 6.07) is 2.09. The number of fused-ring (bicyclic) bond motifs is 1. The Hall–Kier alpha value is -0.630. The number of thiophene rings is 1. The topological polar surface area (TPSA) is 17.1 Å². The highest BCUT2D eigenvalue weighted by atomic mass is 32.1. The number of carbonyl (C=O) groups excluding carboxylic acids is 1. The molecule has 0 saturated heterocycles. The van der Waals surface area contributed by atoms with E-state index in [4.69, 9.17) is 0 Å². The van der Waals surface area contributed by atoms with Crippen molar-refractivity contribution in [2.24, 2.45) is 5.92 Å². The number of hydrogen-bond donors (Lipinski definition) is 0. The molecule has 1 nitrogen and oxygen atoms in total. The average molecular weight is 194 g/mol. The second-order valence-corrected chi connectivity index (χ2v) is 5.28. The standard InChI is InChI=1S/C11H14OS/c1-6(2)9-5-8-10(13-9)4-7(3)11(8)12/h5-7H,4H2,1-3H3. The van der Waals surface area contributed by atoms with Crippen molar-refractivity contribution < 1.29 is 4.79 Å². The first-order valence-electron chi connectivity index (χ1n) is 4.76. The minimum Gasteiger partial charge on any atom is -0.294 e. The second-order valence-electron chi connectivity index (χ2n) is 4.11. The summed E-state index contributed by atoms with van der Waals surface area (Å²) in [5.41, 5.74) is 1.00. The van der Waals surface area contributed by atoms with E-state index in [1.807, 2.05) is 18.3 Å². The molecular formula is C11H14OS. The summed E-state index contributed by atoms with van der Waals surface area (Å²) in [6.45, 7) is 6.37. The first kappa shape index (κ1) is 8.95. The van der Waals surface area contributed by atoms with E-state index in [9.17, 15) is 4.79 Å². The first-order chi connectivity index (χ1) is 6.09. The van der Waals surface area contributed by atoms with Crippen molar-refractivity contribution in [3.8, 4) is 0 Å². The van der Waals surface area contributed by atoms with Gasteiger partial charge in [-0.05, 0) is 18.4 Å². The van der Waals surface area contributed by atoms with Crippen molar-refractivity contribution >= 4 is 17.1 Å². The molecule has 1 unspecified atom stereocenters. The van der Waals surface area contributed by atoms with Gasteiger partial charge in [-0.1, -0.05) is 20.8 Å². The number of hydrogen-bond acceptors (Lipinski definition) is 2. The van der Waals surface area contributed by atoms with Gasteiger partial charge in [0.1, 0.15) is 0 Å². The molecule has 1 aromatic heterocycles. The van der Waals surface area contributed by atoms with Crippen LogP contribution in [-0.2, 0) is 6.42 Å². The summed E-state index contributed by atoms with van der Waals surface area (Å²) >= 11 is 1.82. The van der Waals surface area contributed by atoms with Gasteiger partial charge in [0.25, 0.3) is 0 Å². The third-order valence-electron chi connectivity index (χ3n) is 2.60. The molecular weight excluding hydrogens is 180 g/mol. The third-order valence-corrected chi connectivity index (χ3v) is 4.06. The van der Waals surface area contributed by atoms with Crippen LogP contribution in [0, 0.1) is 5.92 Å². The summed E-state index contributed by atoms with van der Waals surface area (Å²) in [6.07, 6.45) is 0.964. The fraction of sp³-hybridized carbons (Fsp3) is 0.545. The van der Waals surface area contributed by atoms with Gasteiger partial charge < -0.3 is 0 Å². The Morgan fingerprint density at radius 3 is 2.77 bits per heavy atom. The van der Waals surface area contributed by atoms with Gasteiger partial charge in [-0.2, -0.15) is 0 Å². The molecule has 2 heteroatoms. The van der Waals surface area contributed by atoms with E-state index in [1.54, 1.807) is 0 Å². The molecule has 1 aliphatic carbocycles. The van der Waals surface area contributed by atoms with Gasteiger partial charge in [-0.25, -0.2) is 0 Å². The van der Waals surface area contributed by atoms with E-state index in [-0.39, 0.29) is 5.92 Å². The molecule has 1 atom stereocenters. The van der Waals surface area contributed by atoms with Crippen molar-refractivity contribution in [2.45, 2.75) is 33.1 Å². The molecule has 0 aliphatic heterocycles. The first-order valence-corrected chi connectivity index (χ1v) is 5.58. The predicted octanol–water partition coefficient (Wildman–Crippen LogP) is 3.25. The maximum atomic E-state index is 11.6. The van der Waals surface area contributed by atoms with Crippen LogP contribution in [-0.4, -0.2) is 5.78 Å². The SMILES string of the molecule is CC1Cc2sc(C(C)C)cc2C1=O. The second kappa shape index (κ2) is 2.95. The number of Topliss-reactive ketones (excluding diaryl/α,β-unsaturated/α-hetero) is 1. The average Bonchev–Trinajstić information content (AvgIpc) is 2.55. The Bertz CT molecular complexity index is 349. The van der Waals surface area contributed by atoms with E-state index < -0.39 is 0 Å². The van der Waals surface area contributed by atoms with Crippen molar-refractivity contribution in [2.75, 3.05) is 0 Å². The van der Waals surface area contributed by atoms with Gasteiger partial charge in [0, 0.05) is 21.2 Å². The zero-order valence-corrected chi connectivity index (χ0v) is 9.07. The van der Waals surface area contributed by atoms with Crippen molar-refractivity contribution in [3.05, 3.63) is 21.4 Å². The molecule has 70 valence electrons. The van der Waals surface area contributed by atoms with Crippen LogP contribution in [0.1, 0.15) is 46.8 Å². The Labute approximate surface area is 82.8 Å². The Kier molecular flexibility index (Phi) is 2.03. The zero-order valence-electron chi connectivity index (χ0n) is 8.26. The maximum absolute atomic E-state index is 11.6. The molecule has 0 fully saturated rings. The van der Waals surface area contributed by atoms with Crippen LogP contribution in [0.2, 0.25) is 0 Å². The molecule has 0 bridgehead atoms. The van der Waals surface area contributed by atoms with Crippen molar-refractivity contribution in [3.63, 3.8) is 0 Å². The van der Waals surface area contributed by atoms with E-state index in [0.29, 0.717) is 11.7 Å². The molecule has 0 aromatic carbocycles. The number of rotatable bonds is 1. The lowest BCUT2D eigenvalue weighted by molar-refractivity contribution is 0.0946. The lowest BCUT2D eigenvalue weighted by Crippen LogP contribution is -2.03. The van der Waals surface area contributed by atoms with Crippen molar-refractivity contribution in [1.82, 2.24) is 0 Å². The molecule has 1 heterocycles. The van der Waals surface area contributed by atoms with Gasteiger partial charge in [0.05, 0.1) is 0 Å². The van der Waals surface area contributed by atoms with Gasteiger partial charge in [-0.15, -0.1) is 11.3 Å². The Morgan fingerprint density at radius 2 is 2.23 bits per heavy atom. The quantitative estimate of drug-likeness (QED) is 0.670. The number of carbonyl (C=O) groups is 1. The summed E-state index contributed by atoms with van der Waals surface area (Å²) in [4.78, 5) is 14.3. The summed E-state index contributed by atoms with van der Waals surface area (Å²) in [5.74, 6) is 1.12. The van der Waals surface area contributed by atoms with E-state index >= 15 is 0 Å². The fourth-order valence-electron chi connectivity index (χ4n) is 1.73. The lowest BCUT2D eigenvalue weighted by Gasteiger charge is -2.00. The minimum atomic E-state index is 0.225. The molecule has 0 N–H and O–H groups in total. The highest BCUT2D eigenvalue weighted by Crippen LogP contribution is 2.36. The van der Waals surface area contributed by atoms with E-state index in [2.05, 4.69) is 19.9 Å². The fourth-order valence-corrected chi connectivity index (χ4v) is 3.03. The Morgan fingerprint density at radius 1 is 1.54 bits per heavy atom. The van der Waals surface area contributed by atoms with Crippen molar-refractivity contribution in [1.29, 1.82) is 0 Å². The van der Waals surface area contributed by atoms with Crippen LogP contribution in [0.4, 0.5) is 0 Å². The highest BCUT2D eigenvalue weighted by molar-refractivity contribution is 7.12. The smallest absolute Gasteiger partial charge is 0.167 e. The van der Waals surface area contributed by atoms with Gasteiger partial charge in [0.15, 0.2) is 5.78 Å². The number of ketones is 1. The van der Waals surface area contributed by atoms with Gasteiger partial charge >= 0.3 is 0 Å². The third kappa shape index (κ3) is 1.33. The molecule has 1 aliphatic rings. The van der Waals surface area contributed by atoms with Crippen LogP contribution < -0.4 is 0 Å². The molecule has 0 saturated carbocycles. The van der Waals surface area contributed by atoms with Crippen LogP contribution in [0.15, 0.2) is 6.07 Å². The summed E-state index contributed by atoms with van der Waals surface area (Å²) < 4.78 is 0. The minimum absolute atomic E-state index is 0.225. The van der Waals surface area contributed by atoms with Crippen LogP contribution in [0.5, 0.6) is 0 Å². The molecule has 1 aromatic rings. The molecule has 2 rings (SSSR count). The largest absolute Gasteiger partial charge is 0.294 e.